The standard InChI is InChI=1S/C25H22ClNO6S/c1-31-16-6-8-17(9-7-16)33-12-11-27-22(20-4-3-13-34-20)21(24(29)25(27)30)23(28)18-14-15(26)5-10-19(18)32-2/h3-10,13-14,22,28H,11-12H2,1-2H3/b23-21-. The van der Waals surface area contributed by atoms with Crippen LogP contribution in [-0.4, -0.2) is 49.1 Å². The zero-order valence-corrected chi connectivity index (χ0v) is 20.1. The lowest BCUT2D eigenvalue weighted by Gasteiger charge is -2.24. The number of ether oxygens (including phenoxy) is 3. The van der Waals surface area contributed by atoms with Gasteiger partial charge < -0.3 is 24.2 Å². The Labute approximate surface area is 205 Å². The molecule has 1 aromatic heterocycles. The number of amides is 1. The van der Waals surface area contributed by atoms with E-state index in [1.165, 1.54) is 29.4 Å². The highest BCUT2D eigenvalue weighted by molar-refractivity contribution is 7.10. The maximum Gasteiger partial charge on any atom is 0.295 e. The monoisotopic (exact) mass is 499 g/mol. The average Bonchev–Trinajstić information content (AvgIpc) is 3.46. The van der Waals surface area contributed by atoms with Crippen LogP contribution >= 0.6 is 22.9 Å². The summed E-state index contributed by atoms with van der Waals surface area (Å²) in [6.07, 6.45) is 0. The smallest absolute Gasteiger partial charge is 0.295 e. The maximum absolute atomic E-state index is 13.1. The summed E-state index contributed by atoms with van der Waals surface area (Å²) in [5.41, 5.74) is 0.224. The molecule has 9 heteroatoms. The first-order valence-electron chi connectivity index (χ1n) is 10.4. The summed E-state index contributed by atoms with van der Waals surface area (Å²) in [7, 11) is 3.03. The molecule has 7 nitrogen and oxygen atoms in total. The molecule has 4 rings (SSSR count). The number of thiophene rings is 1. The quantitative estimate of drug-likeness (QED) is 0.269. The molecule has 34 heavy (non-hydrogen) atoms. The van der Waals surface area contributed by atoms with Crippen molar-refractivity contribution in [3.63, 3.8) is 0 Å². The maximum atomic E-state index is 13.1. The lowest BCUT2D eigenvalue weighted by molar-refractivity contribution is -0.140. The zero-order valence-electron chi connectivity index (χ0n) is 18.5. The molecule has 1 aliphatic heterocycles. The summed E-state index contributed by atoms with van der Waals surface area (Å²) in [4.78, 5) is 28.3. The Bertz CT molecular complexity index is 1220. The van der Waals surface area contributed by atoms with Gasteiger partial charge in [-0.15, -0.1) is 11.3 Å². The Kier molecular flexibility index (Phi) is 7.09. The number of carbonyl (C=O) groups is 2. The lowest BCUT2D eigenvalue weighted by atomic mass is 9.99. The fraction of sp³-hybridized carbons (Fsp3) is 0.200. The van der Waals surface area contributed by atoms with Crippen LogP contribution in [-0.2, 0) is 9.59 Å². The Morgan fingerprint density at radius 1 is 1.06 bits per heavy atom. The van der Waals surface area contributed by atoms with E-state index >= 15 is 0 Å². The highest BCUT2D eigenvalue weighted by atomic mass is 35.5. The third-order valence-corrected chi connectivity index (χ3v) is 6.59. The van der Waals surface area contributed by atoms with Crippen LogP contribution in [0, 0.1) is 0 Å². The second-order valence-electron chi connectivity index (χ2n) is 7.38. The van der Waals surface area contributed by atoms with E-state index in [1.807, 2.05) is 17.5 Å². The Balaban J connectivity index is 1.66. The number of hydrogen-bond acceptors (Lipinski definition) is 7. The summed E-state index contributed by atoms with van der Waals surface area (Å²) in [5.74, 6) is -0.182. The van der Waals surface area contributed by atoms with Gasteiger partial charge in [-0.05, 0) is 53.9 Å². The predicted octanol–water partition coefficient (Wildman–Crippen LogP) is 4.92. The molecular formula is C25H22ClNO6S. The topological polar surface area (TPSA) is 85.3 Å². The molecule has 2 heterocycles. The highest BCUT2D eigenvalue weighted by Crippen LogP contribution is 2.42. The minimum absolute atomic E-state index is 0.0162. The summed E-state index contributed by atoms with van der Waals surface area (Å²) in [6, 6.07) is 14.7. The van der Waals surface area contributed by atoms with Crippen molar-refractivity contribution in [3.8, 4) is 17.2 Å². The molecule has 0 aliphatic carbocycles. The first-order chi connectivity index (χ1) is 16.4. The fourth-order valence-corrected chi connectivity index (χ4v) is 4.81. The van der Waals surface area contributed by atoms with Gasteiger partial charge in [0.05, 0.1) is 37.9 Å². The number of halogens is 1. The number of carbonyl (C=O) groups excluding carboxylic acids is 2. The Morgan fingerprint density at radius 3 is 2.44 bits per heavy atom. The number of rotatable bonds is 8. The average molecular weight is 500 g/mol. The van der Waals surface area contributed by atoms with E-state index in [-0.39, 0.29) is 30.0 Å². The van der Waals surface area contributed by atoms with Crippen LogP contribution in [0.4, 0.5) is 0 Å². The molecule has 2 aromatic carbocycles. The van der Waals surface area contributed by atoms with Gasteiger partial charge in [-0.1, -0.05) is 17.7 Å². The van der Waals surface area contributed by atoms with Gasteiger partial charge in [-0.3, -0.25) is 9.59 Å². The third kappa shape index (κ3) is 4.60. The van der Waals surface area contributed by atoms with Crippen molar-refractivity contribution in [3.05, 3.63) is 81.0 Å². The SMILES string of the molecule is COc1ccc(OCCN2C(=O)C(=O)/C(=C(\O)c3cc(Cl)ccc3OC)C2c2cccs2)cc1. The molecule has 1 N–H and O–H groups in total. The molecule has 176 valence electrons. The lowest BCUT2D eigenvalue weighted by Crippen LogP contribution is -2.33. The molecule has 1 unspecified atom stereocenters. The molecule has 1 atom stereocenters. The van der Waals surface area contributed by atoms with E-state index in [0.29, 0.717) is 22.3 Å². The number of Topliss-reactive ketones (excluding diaryl/α,β-unsaturated/α-hetero) is 1. The van der Waals surface area contributed by atoms with Gasteiger partial charge in [-0.25, -0.2) is 0 Å². The number of aliphatic hydroxyl groups is 1. The van der Waals surface area contributed by atoms with Crippen molar-refractivity contribution in [2.24, 2.45) is 0 Å². The number of hydrogen-bond donors (Lipinski definition) is 1. The number of aliphatic hydroxyl groups excluding tert-OH is 1. The van der Waals surface area contributed by atoms with Crippen molar-refractivity contribution in [2.45, 2.75) is 6.04 Å². The number of likely N-dealkylation sites (tertiary alicyclic amines) is 1. The summed E-state index contributed by atoms with van der Waals surface area (Å²) >= 11 is 7.51. The normalized spacial score (nSPS) is 17.1. The fourth-order valence-electron chi connectivity index (χ4n) is 3.80. The molecule has 0 bridgehead atoms. The third-order valence-electron chi connectivity index (χ3n) is 5.43. The van der Waals surface area contributed by atoms with Gasteiger partial charge in [0.25, 0.3) is 11.7 Å². The molecule has 0 radical (unpaired) electrons. The van der Waals surface area contributed by atoms with Crippen molar-refractivity contribution >= 4 is 40.4 Å². The number of ketones is 1. The largest absolute Gasteiger partial charge is 0.507 e. The van der Waals surface area contributed by atoms with Crippen molar-refractivity contribution in [1.82, 2.24) is 4.90 Å². The molecule has 1 aliphatic rings. The van der Waals surface area contributed by atoms with Gasteiger partial charge in [0.1, 0.15) is 29.6 Å². The van der Waals surface area contributed by atoms with Crippen LogP contribution in [0.25, 0.3) is 5.76 Å². The summed E-state index contributed by atoms with van der Waals surface area (Å²) in [5, 5.41) is 13.4. The summed E-state index contributed by atoms with van der Waals surface area (Å²) in [6.45, 7) is 0.296. The summed E-state index contributed by atoms with van der Waals surface area (Å²) < 4.78 is 16.3. The van der Waals surface area contributed by atoms with Crippen molar-refractivity contribution in [2.75, 3.05) is 27.4 Å². The van der Waals surface area contributed by atoms with Crippen LogP contribution in [0.5, 0.6) is 17.2 Å². The first kappa shape index (κ1) is 23.7. The van der Waals surface area contributed by atoms with E-state index in [9.17, 15) is 14.7 Å². The molecule has 0 saturated carbocycles. The second kappa shape index (κ2) is 10.2. The Hall–Kier alpha value is -3.49. The first-order valence-corrected chi connectivity index (χ1v) is 11.6. The van der Waals surface area contributed by atoms with Crippen LogP contribution in [0.15, 0.2) is 65.6 Å². The molecule has 0 spiro atoms. The molecule has 1 saturated heterocycles. The van der Waals surface area contributed by atoms with E-state index in [4.69, 9.17) is 25.8 Å². The van der Waals surface area contributed by atoms with Crippen LogP contribution in [0.3, 0.4) is 0 Å². The highest BCUT2D eigenvalue weighted by Gasteiger charge is 2.46. The molecule has 1 fully saturated rings. The number of nitrogens with zero attached hydrogens (tertiary/aromatic N) is 1. The van der Waals surface area contributed by atoms with Crippen molar-refractivity contribution in [1.29, 1.82) is 0 Å². The van der Waals surface area contributed by atoms with E-state index < -0.39 is 17.7 Å². The minimum atomic E-state index is -0.776. The molecule has 1 amide bonds. The number of benzene rings is 2. The van der Waals surface area contributed by atoms with Crippen LogP contribution in [0.1, 0.15) is 16.5 Å². The van der Waals surface area contributed by atoms with Gasteiger partial charge in [0, 0.05) is 9.90 Å². The molecular weight excluding hydrogens is 478 g/mol. The Morgan fingerprint density at radius 2 is 1.79 bits per heavy atom. The predicted molar refractivity (Wildman–Crippen MR) is 130 cm³/mol. The number of methoxy groups -OCH3 is 2. The van der Waals surface area contributed by atoms with Crippen LogP contribution in [0.2, 0.25) is 5.02 Å². The van der Waals surface area contributed by atoms with Crippen LogP contribution < -0.4 is 14.2 Å². The minimum Gasteiger partial charge on any atom is -0.507 e. The van der Waals surface area contributed by atoms with Gasteiger partial charge in [0.15, 0.2) is 0 Å². The van der Waals surface area contributed by atoms with Gasteiger partial charge in [0.2, 0.25) is 0 Å². The van der Waals surface area contributed by atoms with E-state index in [0.717, 1.165) is 4.88 Å². The van der Waals surface area contributed by atoms with Gasteiger partial charge >= 0.3 is 0 Å². The van der Waals surface area contributed by atoms with E-state index in [2.05, 4.69) is 0 Å². The zero-order chi connectivity index (χ0) is 24.2. The van der Waals surface area contributed by atoms with E-state index in [1.54, 1.807) is 43.5 Å². The molecule has 3 aromatic rings. The van der Waals surface area contributed by atoms with Crippen molar-refractivity contribution < 1.29 is 28.9 Å². The second-order valence-corrected chi connectivity index (χ2v) is 8.79. The van der Waals surface area contributed by atoms with Gasteiger partial charge in [-0.2, -0.15) is 0 Å².